The molecule has 3 heterocycles. The van der Waals surface area contributed by atoms with Crippen LogP contribution in [0, 0.1) is 11.6 Å². The maximum atomic E-state index is 14.6. The number of nitrogens with zero attached hydrogens (tertiary/aromatic N) is 1. The third-order valence-electron chi connectivity index (χ3n) is 6.46. The molecule has 31 heavy (non-hydrogen) atoms. The van der Waals surface area contributed by atoms with Crippen LogP contribution in [0.25, 0.3) is 0 Å². The molecular weight excluding hydrogens is 430 g/mol. The van der Waals surface area contributed by atoms with Crippen molar-refractivity contribution in [2.75, 3.05) is 26.0 Å². The molecule has 1 amide bonds. The van der Waals surface area contributed by atoms with Crippen LogP contribution in [-0.2, 0) is 19.6 Å². The summed E-state index contributed by atoms with van der Waals surface area (Å²) < 4.78 is 66.6. The molecule has 2 bridgehead atoms. The molecule has 4 aliphatic rings. The van der Waals surface area contributed by atoms with Crippen LogP contribution in [0.5, 0.6) is 5.75 Å². The van der Waals surface area contributed by atoms with E-state index in [1.807, 2.05) is 0 Å². The molecular formula is C21H28F2N2O5S. The number of hydrogen-bond acceptors (Lipinski definition) is 5. The maximum absolute atomic E-state index is 14.6. The number of hydrogen-bond donors (Lipinski definition) is 1. The van der Waals surface area contributed by atoms with Gasteiger partial charge in [0.1, 0.15) is 5.82 Å². The minimum Gasteiger partial charge on any atom is -0.480 e. The molecule has 5 rings (SSSR count). The van der Waals surface area contributed by atoms with Crippen LogP contribution in [0.1, 0.15) is 50.0 Å². The van der Waals surface area contributed by atoms with Crippen molar-refractivity contribution in [1.29, 1.82) is 0 Å². The van der Waals surface area contributed by atoms with Gasteiger partial charge in [-0.05, 0) is 50.5 Å². The SMILES string of the molecule is CS(=O)(=O)N[C@H]1CCCN2C(=O)COc3c(F)cc(F)cc3C3CCC(CC3)OC[C@@H]12. The molecule has 10 heteroatoms. The summed E-state index contributed by atoms with van der Waals surface area (Å²) in [7, 11) is -3.47. The first-order chi connectivity index (χ1) is 14.7. The molecule has 1 saturated carbocycles. The predicted molar refractivity (Wildman–Crippen MR) is 109 cm³/mol. The third kappa shape index (κ3) is 5.18. The van der Waals surface area contributed by atoms with Crippen molar-refractivity contribution in [1.82, 2.24) is 9.62 Å². The molecule has 0 spiro atoms. The number of ether oxygens (including phenoxy) is 2. The molecule has 1 aromatic rings. The van der Waals surface area contributed by atoms with E-state index in [-0.39, 0.29) is 30.3 Å². The summed E-state index contributed by atoms with van der Waals surface area (Å²) >= 11 is 0. The molecule has 2 fully saturated rings. The van der Waals surface area contributed by atoms with Crippen LogP contribution in [0.2, 0.25) is 0 Å². The molecule has 2 atom stereocenters. The van der Waals surface area contributed by atoms with Gasteiger partial charge in [-0.15, -0.1) is 0 Å². The lowest BCUT2D eigenvalue weighted by Gasteiger charge is -2.41. The summed E-state index contributed by atoms with van der Waals surface area (Å²) in [6.07, 6.45) is 5.08. The fourth-order valence-corrected chi connectivity index (χ4v) is 5.84. The first-order valence-electron chi connectivity index (χ1n) is 10.7. The van der Waals surface area contributed by atoms with E-state index in [1.165, 1.54) is 6.07 Å². The Morgan fingerprint density at radius 3 is 2.58 bits per heavy atom. The minimum absolute atomic E-state index is 0.0439. The summed E-state index contributed by atoms with van der Waals surface area (Å²) in [6, 6.07) is 1.12. The number of piperidine rings is 1. The van der Waals surface area contributed by atoms with Crippen LogP contribution < -0.4 is 9.46 Å². The quantitative estimate of drug-likeness (QED) is 0.735. The second-order valence-electron chi connectivity index (χ2n) is 8.69. The first kappa shape index (κ1) is 22.4. The van der Waals surface area contributed by atoms with E-state index in [4.69, 9.17) is 9.47 Å². The van der Waals surface area contributed by atoms with Crippen molar-refractivity contribution in [2.45, 2.75) is 62.6 Å². The fraction of sp³-hybridized carbons (Fsp3) is 0.667. The number of carbonyl (C=O) groups is 1. The zero-order valence-corrected chi connectivity index (χ0v) is 18.3. The van der Waals surface area contributed by atoms with Gasteiger partial charge in [-0.1, -0.05) is 0 Å². The molecule has 7 nitrogen and oxygen atoms in total. The highest BCUT2D eigenvalue weighted by Gasteiger charge is 2.38. The summed E-state index contributed by atoms with van der Waals surface area (Å²) in [5.41, 5.74) is 0.454. The number of benzene rings is 1. The molecule has 1 aromatic carbocycles. The summed E-state index contributed by atoms with van der Waals surface area (Å²) in [5, 5.41) is 0. The highest BCUT2D eigenvalue weighted by atomic mass is 32.2. The Labute approximate surface area is 181 Å². The Morgan fingerprint density at radius 2 is 1.87 bits per heavy atom. The van der Waals surface area contributed by atoms with Gasteiger partial charge in [0.25, 0.3) is 5.91 Å². The van der Waals surface area contributed by atoms with E-state index >= 15 is 0 Å². The second-order valence-corrected chi connectivity index (χ2v) is 10.5. The van der Waals surface area contributed by atoms with Gasteiger partial charge in [-0.2, -0.15) is 0 Å². The molecule has 1 saturated heterocycles. The number of nitrogens with one attached hydrogen (secondary N) is 1. The zero-order chi connectivity index (χ0) is 22.2. The normalized spacial score (nSPS) is 29.8. The molecule has 0 radical (unpaired) electrons. The van der Waals surface area contributed by atoms with Crippen LogP contribution in [0.15, 0.2) is 12.1 Å². The lowest BCUT2D eigenvalue weighted by Crippen LogP contribution is -2.59. The lowest BCUT2D eigenvalue weighted by molar-refractivity contribution is -0.140. The van der Waals surface area contributed by atoms with Crippen LogP contribution in [0.3, 0.4) is 0 Å². The van der Waals surface area contributed by atoms with E-state index < -0.39 is 40.3 Å². The Bertz CT molecular complexity index is 934. The Kier molecular flexibility index (Phi) is 6.50. The number of amides is 1. The molecule has 1 aliphatic carbocycles. The highest BCUT2D eigenvalue weighted by molar-refractivity contribution is 7.88. The summed E-state index contributed by atoms with van der Waals surface area (Å²) in [5.74, 6) is -2.01. The molecule has 0 unspecified atom stereocenters. The molecule has 0 aromatic heterocycles. The zero-order valence-electron chi connectivity index (χ0n) is 17.5. The van der Waals surface area contributed by atoms with E-state index in [9.17, 15) is 22.0 Å². The number of halogens is 2. The summed E-state index contributed by atoms with van der Waals surface area (Å²) in [4.78, 5) is 14.6. The Morgan fingerprint density at radius 1 is 1.13 bits per heavy atom. The lowest BCUT2D eigenvalue weighted by atomic mass is 9.82. The Balaban J connectivity index is 1.65. The van der Waals surface area contributed by atoms with Crippen molar-refractivity contribution in [2.24, 2.45) is 0 Å². The molecule has 1 N–H and O–H groups in total. The fourth-order valence-electron chi connectivity index (χ4n) is 5.01. The first-order valence-corrected chi connectivity index (χ1v) is 12.6. The largest absolute Gasteiger partial charge is 0.480 e. The van der Waals surface area contributed by atoms with Crippen molar-refractivity contribution in [3.63, 3.8) is 0 Å². The smallest absolute Gasteiger partial charge is 0.260 e. The minimum atomic E-state index is -3.47. The van der Waals surface area contributed by atoms with Gasteiger partial charge in [0, 0.05) is 24.2 Å². The van der Waals surface area contributed by atoms with Gasteiger partial charge in [0.2, 0.25) is 10.0 Å². The van der Waals surface area contributed by atoms with E-state index in [0.717, 1.165) is 12.3 Å². The Hall–Kier alpha value is -1.78. The van der Waals surface area contributed by atoms with Crippen molar-refractivity contribution < 1.29 is 31.5 Å². The number of fused-ring (bicyclic) bond motifs is 5. The van der Waals surface area contributed by atoms with Gasteiger partial charge in [0.15, 0.2) is 18.2 Å². The number of carbonyl (C=O) groups excluding carboxylic acids is 1. The number of sulfonamides is 1. The maximum Gasteiger partial charge on any atom is 0.260 e. The summed E-state index contributed by atoms with van der Waals surface area (Å²) in [6.45, 7) is 0.238. The highest BCUT2D eigenvalue weighted by Crippen LogP contribution is 2.40. The van der Waals surface area contributed by atoms with Gasteiger partial charge in [0.05, 0.1) is 25.0 Å². The molecule has 3 aliphatic heterocycles. The topological polar surface area (TPSA) is 84.9 Å². The van der Waals surface area contributed by atoms with Crippen molar-refractivity contribution in [3.05, 3.63) is 29.3 Å². The van der Waals surface area contributed by atoms with E-state index in [2.05, 4.69) is 4.72 Å². The average Bonchev–Trinajstić information content (AvgIpc) is 2.71. The monoisotopic (exact) mass is 458 g/mol. The second kappa shape index (κ2) is 8.99. The van der Waals surface area contributed by atoms with Gasteiger partial charge >= 0.3 is 0 Å². The van der Waals surface area contributed by atoms with Gasteiger partial charge < -0.3 is 14.4 Å². The van der Waals surface area contributed by atoms with Crippen LogP contribution in [-0.4, -0.2) is 63.4 Å². The van der Waals surface area contributed by atoms with Gasteiger partial charge in [-0.3, -0.25) is 4.79 Å². The van der Waals surface area contributed by atoms with Gasteiger partial charge in [-0.25, -0.2) is 21.9 Å². The third-order valence-corrected chi connectivity index (χ3v) is 7.19. The van der Waals surface area contributed by atoms with E-state index in [0.29, 0.717) is 50.6 Å². The standard InChI is InChI=1S/C21H28F2N2O5S/c1-31(27,28)24-18-3-2-8-25-19(18)11-29-15-6-4-13(5-7-15)16-9-14(22)10-17(23)21(16)30-12-20(25)26/h9-10,13,15,18-19,24H,2-8,11-12H2,1H3/t13?,15?,18-,19-/m0/s1. The average molecular weight is 459 g/mol. The molecule has 172 valence electrons. The van der Waals surface area contributed by atoms with Crippen molar-refractivity contribution >= 4 is 15.9 Å². The van der Waals surface area contributed by atoms with E-state index in [1.54, 1.807) is 4.90 Å². The van der Waals surface area contributed by atoms with Crippen LogP contribution >= 0.6 is 0 Å². The predicted octanol–water partition coefficient (Wildman–Crippen LogP) is 2.31. The van der Waals surface area contributed by atoms with Crippen molar-refractivity contribution in [3.8, 4) is 5.75 Å². The number of rotatable bonds is 2. The van der Waals surface area contributed by atoms with Crippen LogP contribution in [0.4, 0.5) is 8.78 Å².